The van der Waals surface area contributed by atoms with E-state index in [2.05, 4.69) is 15.5 Å². The number of esters is 1. The Kier molecular flexibility index (Phi) is 3.09. The molecule has 5 nitrogen and oxygen atoms in total. The molecular weight excluding hydrogens is 218 g/mol. The predicted molar refractivity (Wildman–Crippen MR) is 64.9 cm³/mol. The van der Waals surface area contributed by atoms with Crippen LogP contribution in [0.2, 0.25) is 0 Å². The Morgan fingerprint density at radius 3 is 2.65 bits per heavy atom. The third kappa shape index (κ3) is 1.99. The zero-order valence-corrected chi connectivity index (χ0v) is 9.65. The summed E-state index contributed by atoms with van der Waals surface area (Å²) in [5.41, 5.74) is 1.96. The van der Waals surface area contributed by atoms with Crippen molar-refractivity contribution in [2.24, 2.45) is 0 Å². The highest BCUT2D eigenvalue weighted by Gasteiger charge is 2.21. The number of anilines is 1. The number of hydrogen-bond acceptors (Lipinski definition) is 4. The van der Waals surface area contributed by atoms with Crippen LogP contribution in [0.3, 0.4) is 0 Å². The SMILES string of the molecule is CNc1n[nH]c(-c2ccccc2)c1C(=O)OC. The quantitative estimate of drug-likeness (QED) is 0.792. The molecular formula is C12H13N3O2. The molecule has 0 unspecified atom stereocenters. The Bertz CT molecular complexity index is 520. The van der Waals surface area contributed by atoms with Crippen LogP contribution in [0.15, 0.2) is 30.3 Å². The maximum absolute atomic E-state index is 11.7. The van der Waals surface area contributed by atoms with Gasteiger partial charge in [0.05, 0.1) is 12.8 Å². The molecule has 5 heteroatoms. The Hall–Kier alpha value is -2.30. The van der Waals surface area contributed by atoms with E-state index in [9.17, 15) is 4.79 Å². The van der Waals surface area contributed by atoms with Gasteiger partial charge in [0.15, 0.2) is 5.82 Å². The number of ether oxygens (including phenoxy) is 1. The third-order valence-electron chi connectivity index (χ3n) is 2.46. The number of aromatic amines is 1. The second-order valence-corrected chi connectivity index (χ2v) is 3.43. The molecule has 0 fully saturated rings. The highest BCUT2D eigenvalue weighted by atomic mass is 16.5. The molecule has 0 spiro atoms. The van der Waals surface area contributed by atoms with Crippen LogP contribution in [0, 0.1) is 0 Å². The van der Waals surface area contributed by atoms with E-state index >= 15 is 0 Å². The lowest BCUT2D eigenvalue weighted by Crippen LogP contribution is -2.05. The number of methoxy groups -OCH3 is 1. The summed E-state index contributed by atoms with van der Waals surface area (Å²) in [6, 6.07) is 9.52. The van der Waals surface area contributed by atoms with Gasteiger partial charge in [-0.25, -0.2) is 4.79 Å². The Morgan fingerprint density at radius 2 is 2.06 bits per heavy atom. The summed E-state index contributed by atoms with van der Waals surface area (Å²) in [6.45, 7) is 0. The van der Waals surface area contributed by atoms with E-state index in [1.165, 1.54) is 7.11 Å². The summed E-state index contributed by atoms with van der Waals surface area (Å²) in [5, 5.41) is 9.74. The maximum atomic E-state index is 11.7. The van der Waals surface area contributed by atoms with E-state index in [4.69, 9.17) is 4.74 Å². The first-order valence-corrected chi connectivity index (χ1v) is 5.17. The van der Waals surface area contributed by atoms with Gasteiger partial charge in [0, 0.05) is 12.6 Å². The predicted octanol–water partition coefficient (Wildman–Crippen LogP) is 1.90. The van der Waals surface area contributed by atoms with Crippen LogP contribution in [0.4, 0.5) is 5.82 Å². The smallest absolute Gasteiger partial charge is 0.343 e. The number of rotatable bonds is 3. The molecule has 0 saturated carbocycles. The van der Waals surface area contributed by atoms with Crippen molar-refractivity contribution in [3.05, 3.63) is 35.9 Å². The Labute approximate surface area is 98.8 Å². The molecule has 1 aromatic heterocycles. The van der Waals surface area contributed by atoms with Gasteiger partial charge in [-0.3, -0.25) is 5.10 Å². The summed E-state index contributed by atoms with van der Waals surface area (Å²) < 4.78 is 4.76. The van der Waals surface area contributed by atoms with E-state index in [1.54, 1.807) is 7.05 Å². The fraction of sp³-hybridized carbons (Fsp3) is 0.167. The Morgan fingerprint density at radius 1 is 1.35 bits per heavy atom. The van der Waals surface area contributed by atoms with Crippen molar-refractivity contribution < 1.29 is 9.53 Å². The topological polar surface area (TPSA) is 67.0 Å². The monoisotopic (exact) mass is 231 g/mol. The van der Waals surface area contributed by atoms with Gasteiger partial charge in [-0.2, -0.15) is 5.10 Å². The number of nitrogens with one attached hydrogen (secondary N) is 2. The van der Waals surface area contributed by atoms with E-state index < -0.39 is 5.97 Å². The second-order valence-electron chi connectivity index (χ2n) is 3.43. The molecule has 2 aromatic rings. The molecule has 0 saturated heterocycles. The number of carbonyl (C=O) groups is 1. The molecule has 0 radical (unpaired) electrons. The van der Waals surface area contributed by atoms with E-state index in [0.29, 0.717) is 17.1 Å². The first-order valence-electron chi connectivity index (χ1n) is 5.17. The van der Waals surface area contributed by atoms with Gasteiger partial charge >= 0.3 is 5.97 Å². The van der Waals surface area contributed by atoms with Gasteiger partial charge in [0.2, 0.25) is 0 Å². The number of carbonyl (C=O) groups excluding carboxylic acids is 1. The maximum Gasteiger partial charge on any atom is 0.343 e. The van der Waals surface area contributed by atoms with Crippen LogP contribution in [0.25, 0.3) is 11.3 Å². The summed E-state index contributed by atoms with van der Waals surface area (Å²) in [6.07, 6.45) is 0. The van der Waals surface area contributed by atoms with E-state index in [-0.39, 0.29) is 0 Å². The molecule has 1 aromatic carbocycles. The molecule has 1 heterocycles. The lowest BCUT2D eigenvalue weighted by Gasteiger charge is -2.03. The average molecular weight is 231 g/mol. The van der Waals surface area contributed by atoms with Gasteiger partial charge in [-0.1, -0.05) is 30.3 Å². The lowest BCUT2D eigenvalue weighted by molar-refractivity contribution is 0.0603. The number of aromatic nitrogens is 2. The average Bonchev–Trinajstić information content (AvgIpc) is 2.82. The van der Waals surface area contributed by atoms with Gasteiger partial charge in [-0.05, 0) is 0 Å². The molecule has 88 valence electrons. The van der Waals surface area contributed by atoms with Crippen molar-refractivity contribution in [2.45, 2.75) is 0 Å². The molecule has 0 bridgehead atoms. The number of H-pyrrole nitrogens is 1. The van der Waals surface area contributed by atoms with Crippen molar-refractivity contribution in [3.8, 4) is 11.3 Å². The summed E-state index contributed by atoms with van der Waals surface area (Å²) in [4.78, 5) is 11.7. The van der Waals surface area contributed by atoms with Gasteiger partial charge in [-0.15, -0.1) is 0 Å². The van der Waals surface area contributed by atoms with Crippen molar-refractivity contribution in [3.63, 3.8) is 0 Å². The second kappa shape index (κ2) is 4.69. The highest BCUT2D eigenvalue weighted by Crippen LogP contribution is 2.26. The van der Waals surface area contributed by atoms with Crippen LogP contribution in [-0.4, -0.2) is 30.3 Å². The minimum atomic E-state index is -0.415. The molecule has 0 amide bonds. The number of benzene rings is 1. The minimum Gasteiger partial charge on any atom is -0.465 e. The Balaban J connectivity index is 2.55. The van der Waals surface area contributed by atoms with E-state index in [0.717, 1.165) is 5.56 Å². The molecule has 0 aliphatic rings. The van der Waals surface area contributed by atoms with Crippen LogP contribution in [0.1, 0.15) is 10.4 Å². The summed E-state index contributed by atoms with van der Waals surface area (Å²) >= 11 is 0. The van der Waals surface area contributed by atoms with Crippen molar-refractivity contribution in [1.29, 1.82) is 0 Å². The van der Waals surface area contributed by atoms with Crippen LogP contribution in [0.5, 0.6) is 0 Å². The number of hydrogen-bond donors (Lipinski definition) is 2. The molecule has 17 heavy (non-hydrogen) atoms. The zero-order chi connectivity index (χ0) is 12.3. The van der Waals surface area contributed by atoms with Crippen LogP contribution in [-0.2, 0) is 4.74 Å². The van der Waals surface area contributed by atoms with Crippen LogP contribution >= 0.6 is 0 Å². The molecule has 2 N–H and O–H groups in total. The third-order valence-corrected chi connectivity index (χ3v) is 2.46. The molecule has 0 atom stereocenters. The summed E-state index contributed by atoms with van der Waals surface area (Å²) in [7, 11) is 3.06. The van der Waals surface area contributed by atoms with E-state index in [1.807, 2.05) is 30.3 Å². The van der Waals surface area contributed by atoms with Crippen molar-refractivity contribution in [2.75, 3.05) is 19.5 Å². The fourth-order valence-corrected chi connectivity index (χ4v) is 1.64. The molecule has 0 aliphatic heterocycles. The standard InChI is InChI=1S/C12H13N3O2/c1-13-11-9(12(16)17-2)10(14-15-11)8-6-4-3-5-7-8/h3-7H,1-2H3,(H2,13,14,15). The lowest BCUT2D eigenvalue weighted by atomic mass is 10.1. The fourth-order valence-electron chi connectivity index (χ4n) is 1.64. The largest absolute Gasteiger partial charge is 0.465 e. The normalized spacial score (nSPS) is 10.0. The zero-order valence-electron chi connectivity index (χ0n) is 9.65. The first-order chi connectivity index (χ1) is 8.27. The minimum absolute atomic E-state index is 0.415. The van der Waals surface area contributed by atoms with Gasteiger partial charge in [0.1, 0.15) is 5.56 Å². The number of nitrogens with zero attached hydrogens (tertiary/aromatic N) is 1. The van der Waals surface area contributed by atoms with Crippen molar-refractivity contribution in [1.82, 2.24) is 10.2 Å². The first kappa shape index (κ1) is 11.2. The molecule has 0 aliphatic carbocycles. The summed E-state index contributed by atoms with van der Waals surface area (Å²) in [5.74, 6) is 0.0673. The van der Waals surface area contributed by atoms with Gasteiger partial charge < -0.3 is 10.1 Å². The van der Waals surface area contributed by atoms with Gasteiger partial charge in [0.25, 0.3) is 0 Å². The highest BCUT2D eigenvalue weighted by molar-refractivity contribution is 6.01. The van der Waals surface area contributed by atoms with Crippen LogP contribution < -0.4 is 5.32 Å². The molecule has 2 rings (SSSR count). The van der Waals surface area contributed by atoms with Crippen molar-refractivity contribution >= 4 is 11.8 Å².